The number of ketones is 1. The topological polar surface area (TPSA) is 77.3 Å². The van der Waals surface area contributed by atoms with E-state index in [2.05, 4.69) is 9.88 Å². The standard InChI is InChI=1S/C23H24N4O3/c1-26-21(28)15-20(16-7-11-24-12-8-16)25-23(26)27-13-9-18(10-14-27)22(29)17-3-5-19(30-2)6-4-17/h3-8,11-12,15,18H,9-10,13-14H2,1-2H3. The molecule has 3 heterocycles. The number of nitrogens with zero attached hydrogens (tertiary/aromatic N) is 4. The van der Waals surface area contributed by atoms with Crippen LogP contribution >= 0.6 is 0 Å². The molecule has 1 aliphatic heterocycles. The smallest absolute Gasteiger partial charge is 0.255 e. The molecule has 1 fully saturated rings. The van der Waals surface area contributed by atoms with Crippen LogP contribution in [0, 0.1) is 5.92 Å². The van der Waals surface area contributed by atoms with E-state index >= 15 is 0 Å². The van der Waals surface area contributed by atoms with Gasteiger partial charge in [-0.15, -0.1) is 0 Å². The van der Waals surface area contributed by atoms with Crippen molar-refractivity contribution in [1.82, 2.24) is 14.5 Å². The number of carbonyl (C=O) groups is 1. The first-order chi connectivity index (χ1) is 14.6. The van der Waals surface area contributed by atoms with Crippen LogP contribution in [0.15, 0.2) is 59.7 Å². The molecule has 7 nitrogen and oxygen atoms in total. The number of pyridine rings is 1. The fourth-order valence-corrected chi connectivity index (χ4v) is 3.81. The van der Waals surface area contributed by atoms with Gasteiger partial charge in [0.25, 0.3) is 5.56 Å². The summed E-state index contributed by atoms with van der Waals surface area (Å²) in [7, 11) is 3.34. The number of rotatable bonds is 5. The van der Waals surface area contributed by atoms with E-state index in [0.29, 0.717) is 30.3 Å². The van der Waals surface area contributed by atoms with Crippen molar-refractivity contribution < 1.29 is 9.53 Å². The quantitative estimate of drug-likeness (QED) is 0.609. The van der Waals surface area contributed by atoms with E-state index in [1.807, 2.05) is 36.4 Å². The molecular weight excluding hydrogens is 380 g/mol. The highest BCUT2D eigenvalue weighted by atomic mass is 16.5. The predicted octanol–water partition coefficient (Wildman–Crippen LogP) is 2.95. The third-order valence-electron chi connectivity index (χ3n) is 5.61. The Labute approximate surface area is 175 Å². The third-order valence-corrected chi connectivity index (χ3v) is 5.61. The Morgan fingerprint density at radius 3 is 2.37 bits per heavy atom. The Morgan fingerprint density at radius 2 is 1.73 bits per heavy atom. The van der Waals surface area contributed by atoms with E-state index in [0.717, 1.165) is 24.2 Å². The molecule has 2 aromatic heterocycles. The van der Waals surface area contributed by atoms with Crippen LogP contribution in [0.3, 0.4) is 0 Å². The molecule has 0 radical (unpaired) electrons. The minimum absolute atomic E-state index is 0.0324. The highest BCUT2D eigenvalue weighted by Crippen LogP contribution is 2.26. The van der Waals surface area contributed by atoms with Gasteiger partial charge in [0.05, 0.1) is 12.8 Å². The van der Waals surface area contributed by atoms with Crippen LogP contribution in [0.5, 0.6) is 5.75 Å². The summed E-state index contributed by atoms with van der Waals surface area (Å²) in [4.78, 5) is 36.2. The minimum atomic E-state index is -0.108. The lowest BCUT2D eigenvalue weighted by atomic mass is 9.89. The molecular formula is C23H24N4O3. The van der Waals surface area contributed by atoms with E-state index in [9.17, 15) is 9.59 Å². The molecule has 4 rings (SSSR count). The van der Waals surface area contributed by atoms with Crippen molar-refractivity contribution in [2.45, 2.75) is 12.8 Å². The van der Waals surface area contributed by atoms with Crippen molar-refractivity contribution in [3.63, 3.8) is 0 Å². The second-order valence-corrected chi connectivity index (χ2v) is 7.43. The van der Waals surface area contributed by atoms with Crippen LogP contribution < -0.4 is 15.2 Å². The average molecular weight is 404 g/mol. The predicted molar refractivity (Wildman–Crippen MR) is 115 cm³/mol. The van der Waals surface area contributed by atoms with Crippen LogP contribution in [-0.2, 0) is 7.05 Å². The SMILES string of the molecule is COc1ccc(C(=O)C2CCN(c3nc(-c4ccncc4)cc(=O)n3C)CC2)cc1. The van der Waals surface area contributed by atoms with Gasteiger partial charge in [-0.2, -0.15) is 0 Å². The van der Waals surface area contributed by atoms with Crippen molar-refractivity contribution in [3.8, 4) is 17.0 Å². The second-order valence-electron chi connectivity index (χ2n) is 7.43. The molecule has 1 saturated heterocycles. The number of Topliss-reactive ketones (excluding diaryl/α,β-unsaturated/α-hetero) is 1. The Balaban J connectivity index is 1.50. The van der Waals surface area contributed by atoms with Gasteiger partial charge in [0, 0.05) is 55.6 Å². The second kappa shape index (κ2) is 8.49. The molecule has 0 unspecified atom stereocenters. The van der Waals surface area contributed by atoms with Gasteiger partial charge in [-0.3, -0.25) is 19.1 Å². The van der Waals surface area contributed by atoms with Gasteiger partial charge in [0.1, 0.15) is 5.75 Å². The summed E-state index contributed by atoms with van der Waals surface area (Å²) in [5.74, 6) is 1.49. The van der Waals surface area contributed by atoms with Gasteiger partial charge >= 0.3 is 0 Å². The number of hydrogen-bond acceptors (Lipinski definition) is 6. The summed E-state index contributed by atoms with van der Waals surface area (Å²) in [5.41, 5.74) is 2.09. The van der Waals surface area contributed by atoms with Crippen LogP contribution in [-0.4, -0.2) is 40.5 Å². The summed E-state index contributed by atoms with van der Waals surface area (Å²) >= 11 is 0. The van der Waals surface area contributed by atoms with Crippen molar-refractivity contribution >= 4 is 11.7 Å². The molecule has 7 heteroatoms. The number of anilines is 1. The first-order valence-electron chi connectivity index (χ1n) is 9.98. The largest absolute Gasteiger partial charge is 0.497 e. The van der Waals surface area contributed by atoms with Crippen molar-refractivity contribution in [2.24, 2.45) is 13.0 Å². The maximum absolute atomic E-state index is 12.9. The fraction of sp³-hybridized carbons (Fsp3) is 0.304. The summed E-state index contributed by atoms with van der Waals surface area (Å²) in [6.45, 7) is 1.35. The zero-order chi connectivity index (χ0) is 21.1. The number of benzene rings is 1. The van der Waals surface area contributed by atoms with Crippen LogP contribution in [0.25, 0.3) is 11.3 Å². The highest BCUT2D eigenvalue weighted by molar-refractivity contribution is 5.98. The lowest BCUT2D eigenvalue weighted by Gasteiger charge is -2.33. The number of carbonyl (C=O) groups excluding carboxylic acids is 1. The summed E-state index contributed by atoms with van der Waals surface area (Å²) < 4.78 is 6.73. The van der Waals surface area contributed by atoms with Gasteiger partial charge < -0.3 is 9.64 Å². The van der Waals surface area contributed by atoms with E-state index in [-0.39, 0.29) is 17.3 Å². The molecule has 1 aliphatic rings. The van der Waals surface area contributed by atoms with Gasteiger partial charge in [0.2, 0.25) is 5.95 Å². The Bertz CT molecular complexity index is 1090. The minimum Gasteiger partial charge on any atom is -0.497 e. The van der Waals surface area contributed by atoms with Crippen LogP contribution in [0.4, 0.5) is 5.95 Å². The van der Waals surface area contributed by atoms with Gasteiger partial charge in [-0.1, -0.05) is 0 Å². The fourth-order valence-electron chi connectivity index (χ4n) is 3.81. The van der Waals surface area contributed by atoms with Crippen LogP contribution in [0.1, 0.15) is 23.2 Å². The molecule has 3 aromatic rings. The number of methoxy groups -OCH3 is 1. The van der Waals surface area contributed by atoms with E-state index in [4.69, 9.17) is 9.72 Å². The molecule has 0 saturated carbocycles. The normalized spacial score (nSPS) is 14.5. The lowest BCUT2D eigenvalue weighted by Crippen LogP contribution is -2.39. The molecule has 154 valence electrons. The molecule has 0 amide bonds. The summed E-state index contributed by atoms with van der Waals surface area (Å²) in [6.07, 6.45) is 4.81. The average Bonchev–Trinajstić information content (AvgIpc) is 2.81. The first-order valence-corrected chi connectivity index (χ1v) is 9.98. The maximum atomic E-state index is 12.9. The van der Waals surface area contributed by atoms with E-state index in [1.54, 1.807) is 37.2 Å². The van der Waals surface area contributed by atoms with E-state index < -0.39 is 0 Å². The summed E-state index contributed by atoms with van der Waals surface area (Å²) in [6, 6.07) is 12.5. The number of aromatic nitrogens is 3. The third kappa shape index (κ3) is 3.96. The Morgan fingerprint density at radius 1 is 1.07 bits per heavy atom. The lowest BCUT2D eigenvalue weighted by molar-refractivity contribution is 0.0900. The molecule has 0 spiro atoms. The van der Waals surface area contributed by atoms with Gasteiger partial charge in [-0.05, 0) is 49.2 Å². The molecule has 0 atom stereocenters. The zero-order valence-corrected chi connectivity index (χ0v) is 17.1. The Kier molecular flexibility index (Phi) is 5.61. The number of hydrogen-bond donors (Lipinski definition) is 0. The summed E-state index contributed by atoms with van der Waals surface area (Å²) in [5, 5.41) is 0. The number of ether oxygens (including phenoxy) is 1. The first kappa shape index (κ1) is 19.8. The van der Waals surface area contributed by atoms with Gasteiger partial charge in [0.15, 0.2) is 5.78 Å². The van der Waals surface area contributed by atoms with E-state index in [1.165, 1.54) is 0 Å². The van der Waals surface area contributed by atoms with Crippen molar-refractivity contribution in [1.29, 1.82) is 0 Å². The van der Waals surface area contributed by atoms with Crippen molar-refractivity contribution in [2.75, 3.05) is 25.1 Å². The number of piperidine rings is 1. The van der Waals surface area contributed by atoms with Crippen LogP contribution in [0.2, 0.25) is 0 Å². The Hall–Kier alpha value is -3.48. The monoisotopic (exact) mass is 404 g/mol. The molecule has 0 N–H and O–H groups in total. The molecule has 30 heavy (non-hydrogen) atoms. The van der Waals surface area contributed by atoms with Gasteiger partial charge in [-0.25, -0.2) is 4.98 Å². The maximum Gasteiger partial charge on any atom is 0.255 e. The van der Waals surface area contributed by atoms with Crippen molar-refractivity contribution in [3.05, 3.63) is 70.8 Å². The molecule has 1 aromatic carbocycles. The highest BCUT2D eigenvalue weighted by Gasteiger charge is 2.27. The zero-order valence-electron chi connectivity index (χ0n) is 17.1. The molecule has 0 bridgehead atoms. The molecule has 0 aliphatic carbocycles.